The molecule has 28 heavy (non-hydrogen) atoms. The number of pyridine rings is 2. The van der Waals surface area contributed by atoms with Gasteiger partial charge in [0.25, 0.3) is 0 Å². The number of anilines is 4. The largest absolute Gasteiger partial charge is 0.324 e. The van der Waals surface area contributed by atoms with Gasteiger partial charge in [-0.05, 0) is 62.4 Å². The minimum absolute atomic E-state index is 0.401. The molecule has 0 saturated carbocycles. The van der Waals surface area contributed by atoms with Crippen LogP contribution in [0.4, 0.5) is 32.6 Å². The molecule has 8 heteroatoms. The SMILES string of the molecule is Cc1cccc(NC(=O)Nc2ccc(NC(=O)Nc3cccc(C)n3)cc2)n1. The summed E-state index contributed by atoms with van der Waals surface area (Å²) < 4.78 is 0. The first-order valence-corrected chi connectivity index (χ1v) is 8.61. The summed E-state index contributed by atoms with van der Waals surface area (Å²) in [6, 6.07) is 16.7. The van der Waals surface area contributed by atoms with Gasteiger partial charge in [-0.1, -0.05) is 12.1 Å². The van der Waals surface area contributed by atoms with Crippen molar-refractivity contribution in [2.45, 2.75) is 13.8 Å². The lowest BCUT2D eigenvalue weighted by Gasteiger charge is -2.10. The molecule has 0 fully saturated rings. The number of nitrogens with zero attached hydrogens (tertiary/aromatic N) is 2. The molecule has 1 aromatic carbocycles. The van der Waals surface area contributed by atoms with Gasteiger partial charge < -0.3 is 10.6 Å². The van der Waals surface area contributed by atoms with Crippen molar-refractivity contribution in [3.63, 3.8) is 0 Å². The van der Waals surface area contributed by atoms with Gasteiger partial charge in [0.1, 0.15) is 11.6 Å². The summed E-state index contributed by atoms with van der Waals surface area (Å²) in [6.07, 6.45) is 0. The lowest BCUT2D eigenvalue weighted by molar-refractivity contribution is 0.261. The lowest BCUT2D eigenvalue weighted by Crippen LogP contribution is -2.21. The summed E-state index contributed by atoms with van der Waals surface area (Å²) in [7, 11) is 0. The third-order valence-electron chi connectivity index (χ3n) is 3.66. The van der Waals surface area contributed by atoms with E-state index in [9.17, 15) is 9.59 Å². The third kappa shape index (κ3) is 5.53. The molecular formula is C20H20N6O2. The number of benzene rings is 1. The highest BCUT2D eigenvalue weighted by Gasteiger charge is 2.06. The highest BCUT2D eigenvalue weighted by Crippen LogP contribution is 2.15. The molecule has 0 aliphatic rings. The van der Waals surface area contributed by atoms with Gasteiger partial charge in [0.05, 0.1) is 0 Å². The van der Waals surface area contributed by atoms with Gasteiger partial charge in [-0.3, -0.25) is 10.6 Å². The van der Waals surface area contributed by atoms with Crippen LogP contribution in [0.25, 0.3) is 0 Å². The second kappa shape index (κ2) is 8.63. The van der Waals surface area contributed by atoms with E-state index in [4.69, 9.17) is 0 Å². The van der Waals surface area contributed by atoms with Crippen molar-refractivity contribution in [2.75, 3.05) is 21.3 Å². The van der Waals surface area contributed by atoms with Crippen LogP contribution in [0.15, 0.2) is 60.7 Å². The zero-order valence-corrected chi connectivity index (χ0v) is 15.5. The van der Waals surface area contributed by atoms with Gasteiger partial charge in [-0.15, -0.1) is 0 Å². The number of hydrogen-bond donors (Lipinski definition) is 4. The van der Waals surface area contributed by atoms with Crippen LogP contribution in [0, 0.1) is 13.8 Å². The Morgan fingerprint density at radius 3 is 1.36 bits per heavy atom. The predicted octanol–water partition coefficient (Wildman–Crippen LogP) is 4.38. The smallest absolute Gasteiger partial charge is 0.308 e. The number of amides is 4. The van der Waals surface area contributed by atoms with Crippen LogP contribution < -0.4 is 21.3 Å². The summed E-state index contributed by atoms with van der Waals surface area (Å²) in [5.41, 5.74) is 2.78. The second-order valence-electron chi connectivity index (χ2n) is 6.06. The summed E-state index contributed by atoms with van der Waals surface area (Å²) in [5.74, 6) is 0.939. The van der Waals surface area contributed by atoms with Gasteiger partial charge in [-0.25, -0.2) is 19.6 Å². The van der Waals surface area contributed by atoms with Gasteiger partial charge in [0.2, 0.25) is 0 Å². The van der Waals surface area contributed by atoms with Crippen LogP contribution in [-0.4, -0.2) is 22.0 Å². The number of aryl methyl sites for hydroxylation is 2. The van der Waals surface area contributed by atoms with Crippen molar-refractivity contribution in [3.8, 4) is 0 Å². The van der Waals surface area contributed by atoms with E-state index in [0.717, 1.165) is 11.4 Å². The van der Waals surface area contributed by atoms with Gasteiger partial charge in [0.15, 0.2) is 0 Å². The van der Waals surface area contributed by atoms with E-state index < -0.39 is 12.1 Å². The third-order valence-corrected chi connectivity index (χ3v) is 3.66. The Kier molecular flexibility index (Phi) is 5.81. The average molecular weight is 376 g/mol. The Labute approximate surface area is 162 Å². The molecule has 0 aliphatic carbocycles. The maximum absolute atomic E-state index is 12.0. The van der Waals surface area contributed by atoms with E-state index >= 15 is 0 Å². The van der Waals surface area contributed by atoms with Gasteiger partial charge in [0, 0.05) is 22.8 Å². The van der Waals surface area contributed by atoms with Crippen molar-refractivity contribution >= 4 is 35.1 Å². The normalized spacial score (nSPS) is 10.1. The van der Waals surface area contributed by atoms with Crippen molar-refractivity contribution in [1.82, 2.24) is 9.97 Å². The van der Waals surface area contributed by atoms with E-state index in [1.54, 1.807) is 36.4 Å². The molecule has 0 bridgehead atoms. The minimum atomic E-state index is -0.401. The molecular weight excluding hydrogens is 356 g/mol. The van der Waals surface area contributed by atoms with Crippen LogP contribution in [0.5, 0.6) is 0 Å². The number of rotatable bonds is 4. The molecule has 142 valence electrons. The highest BCUT2D eigenvalue weighted by molar-refractivity contribution is 6.00. The Balaban J connectivity index is 1.52. The van der Waals surface area contributed by atoms with E-state index in [2.05, 4.69) is 31.2 Å². The Morgan fingerprint density at radius 2 is 1.00 bits per heavy atom. The van der Waals surface area contributed by atoms with Gasteiger partial charge in [-0.2, -0.15) is 0 Å². The molecule has 3 aromatic rings. The maximum atomic E-state index is 12.0. The number of aromatic nitrogens is 2. The van der Waals surface area contributed by atoms with Crippen molar-refractivity contribution in [3.05, 3.63) is 72.1 Å². The molecule has 0 spiro atoms. The van der Waals surface area contributed by atoms with Crippen LogP contribution >= 0.6 is 0 Å². The number of nitrogens with one attached hydrogen (secondary N) is 4. The fourth-order valence-electron chi connectivity index (χ4n) is 2.42. The standard InChI is InChI=1S/C20H20N6O2/c1-13-5-3-7-17(21-13)25-19(27)23-15-9-11-16(12-10-15)24-20(28)26-18-8-4-6-14(2)22-18/h3-12H,1-2H3,(H2,21,23,25,27)(H2,22,24,26,28). The molecule has 4 amide bonds. The zero-order chi connectivity index (χ0) is 19.9. The number of carbonyl (C=O) groups excluding carboxylic acids is 2. The fourth-order valence-corrected chi connectivity index (χ4v) is 2.42. The Morgan fingerprint density at radius 1 is 0.607 bits per heavy atom. The monoisotopic (exact) mass is 376 g/mol. The number of hydrogen-bond acceptors (Lipinski definition) is 4. The Hall–Kier alpha value is -3.94. The van der Waals surface area contributed by atoms with Crippen LogP contribution in [0.3, 0.4) is 0 Å². The molecule has 2 aromatic heterocycles. The van der Waals surface area contributed by atoms with Crippen LogP contribution in [0.1, 0.15) is 11.4 Å². The topological polar surface area (TPSA) is 108 Å². The minimum Gasteiger partial charge on any atom is -0.308 e. The molecule has 0 saturated heterocycles. The first-order valence-electron chi connectivity index (χ1n) is 8.61. The summed E-state index contributed by atoms with van der Waals surface area (Å²) in [5, 5.41) is 10.7. The molecule has 0 unspecified atom stereocenters. The average Bonchev–Trinajstić information content (AvgIpc) is 2.63. The molecule has 0 atom stereocenters. The van der Waals surface area contributed by atoms with E-state index in [-0.39, 0.29) is 0 Å². The number of urea groups is 2. The lowest BCUT2D eigenvalue weighted by atomic mass is 10.3. The molecule has 4 N–H and O–H groups in total. The molecule has 8 nitrogen and oxygen atoms in total. The molecule has 3 rings (SSSR count). The molecule has 2 heterocycles. The van der Waals surface area contributed by atoms with Crippen molar-refractivity contribution in [2.24, 2.45) is 0 Å². The Bertz CT molecular complexity index is 907. The van der Waals surface area contributed by atoms with Crippen molar-refractivity contribution < 1.29 is 9.59 Å². The van der Waals surface area contributed by atoms with Crippen molar-refractivity contribution in [1.29, 1.82) is 0 Å². The quantitative estimate of drug-likeness (QED) is 0.542. The first-order chi connectivity index (χ1) is 13.5. The van der Waals surface area contributed by atoms with Crippen LogP contribution in [0.2, 0.25) is 0 Å². The van der Waals surface area contributed by atoms with E-state index in [1.807, 2.05) is 38.1 Å². The molecule has 0 radical (unpaired) electrons. The maximum Gasteiger partial charge on any atom is 0.324 e. The number of carbonyl (C=O) groups is 2. The fraction of sp³-hybridized carbons (Fsp3) is 0.100. The highest BCUT2D eigenvalue weighted by atomic mass is 16.2. The molecule has 0 aliphatic heterocycles. The van der Waals surface area contributed by atoms with E-state index in [1.165, 1.54) is 0 Å². The van der Waals surface area contributed by atoms with Crippen LogP contribution in [-0.2, 0) is 0 Å². The second-order valence-corrected chi connectivity index (χ2v) is 6.06. The van der Waals surface area contributed by atoms with Gasteiger partial charge >= 0.3 is 12.1 Å². The van der Waals surface area contributed by atoms with E-state index in [0.29, 0.717) is 23.0 Å². The zero-order valence-electron chi connectivity index (χ0n) is 15.5. The first kappa shape index (κ1) is 18.8. The summed E-state index contributed by atoms with van der Waals surface area (Å²) in [4.78, 5) is 32.5. The summed E-state index contributed by atoms with van der Waals surface area (Å²) >= 11 is 0. The summed E-state index contributed by atoms with van der Waals surface area (Å²) in [6.45, 7) is 3.69. The predicted molar refractivity (Wildman–Crippen MR) is 110 cm³/mol.